The van der Waals surface area contributed by atoms with E-state index < -0.39 is 6.04 Å². The average molecular weight is 338 g/mol. The molecular weight excluding hydrogens is 315 g/mol. The molecule has 126 valence electrons. The first kappa shape index (κ1) is 17.8. The molecule has 0 radical (unpaired) electrons. The zero-order valence-corrected chi connectivity index (χ0v) is 14.4. The first-order valence-electron chi connectivity index (χ1n) is 7.90. The molecule has 0 aliphatic carbocycles. The van der Waals surface area contributed by atoms with Gasteiger partial charge < -0.3 is 10.2 Å². The van der Waals surface area contributed by atoms with E-state index in [1.807, 2.05) is 13.2 Å². The lowest BCUT2D eigenvalue weighted by Gasteiger charge is -2.26. The van der Waals surface area contributed by atoms with Gasteiger partial charge >= 0.3 is 0 Å². The molecule has 0 unspecified atom stereocenters. The molecule has 1 aromatic carbocycles. The second-order valence-corrected chi connectivity index (χ2v) is 6.54. The number of nitrogens with one attached hydrogen (secondary N) is 1. The molecule has 0 bridgehead atoms. The van der Waals surface area contributed by atoms with Gasteiger partial charge in [-0.25, -0.2) is 4.39 Å². The van der Waals surface area contributed by atoms with Crippen LogP contribution in [0.5, 0.6) is 0 Å². The second kappa shape index (κ2) is 8.34. The molecule has 1 N–H and O–H groups in total. The molecule has 4 nitrogen and oxygen atoms in total. The van der Waals surface area contributed by atoms with Crippen LogP contribution in [0.4, 0.5) is 4.39 Å². The molecule has 2 amide bonds. The van der Waals surface area contributed by atoms with E-state index in [2.05, 4.69) is 5.32 Å². The van der Waals surface area contributed by atoms with E-state index in [0.29, 0.717) is 31.7 Å². The smallest absolute Gasteiger partial charge is 0.243 e. The van der Waals surface area contributed by atoms with Crippen LogP contribution in [0, 0.1) is 5.82 Å². The summed E-state index contributed by atoms with van der Waals surface area (Å²) >= 11 is 1.61. The highest BCUT2D eigenvalue weighted by Gasteiger charge is 2.31. The standard InChI is InChI=1S/C17H23FN2O2S/c1-3-15(20-8-4-5-16(20)21)17(22)19-10-12-6-7-14(18)9-13(12)11-23-2/h6-7,9,15H,3-5,8,10-11H2,1-2H3,(H,19,22)/t15-/m0/s1. The Labute approximate surface area is 140 Å². The zero-order valence-electron chi connectivity index (χ0n) is 13.6. The highest BCUT2D eigenvalue weighted by Crippen LogP contribution is 2.18. The number of hydrogen-bond donors (Lipinski definition) is 1. The van der Waals surface area contributed by atoms with Crippen molar-refractivity contribution in [3.63, 3.8) is 0 Å². The summed E-state index contributed by atoms with van der Waals surface area (Å²) in [5.74, 6) is 0.349. The average Bonchev–Trinajstić information content (AvgIpc) is 2.94. The summed E-state index contributed by atoms with van der Waals surface area (Å²) in [6, 6.07) is 4.23. The van der Waals surface area contributed by atoms with Gasteiger partial charge in [-0.05, 0) is 42.4 Å². The molecule has 1 fully saturated rings. The molecule has 1 aliphatic rings. The largest absolute Gasteiger partial charge is 0.350 e. The van der Waals surface area contributed by atoms with Gasteiger partial charge in [0.05, 0.1) is 0 Å². The maximum Gasteiger partial charge on any atom is 0.243 e. The maximum absolute atomic E-state index is 13.4. The van der Waals surface area contributed by atoms with Crippen molar-refractivity contribution in [2.24, 2.45) is 0 Å². The van der Waals surface area contributed by atoms with E-state index in [0.717, 1.165) is 17.5 Å². The molecular formula is C17H23FN2O2S. The Bertz CT molecular complexity index is 580. The van der Waals surface area contributed by atoms with Gasteiger partial charge in [0.25, 0.3) is 0 Å². The number of rotatable bonds is 7. The number of carbonyl (C=O) groups is 2. The van der Waals surface area contributed by atoms with Crippen molar-refractivity contribution in [2.45, 2.75) is 44.5 Å². The Morgan fingerprint density at radius 3 is 2.83 bits per heavy atom. The van der Waals surface area contributed by atoms with Crippen LogP contribution in [0.15, 0.2) is 18.2 Å². The number of carbonyl (C=O) groups excluding carboxylic acids is 2. The fraction of sp³-hybridized carbons (Fsp3) is 0.529. The topological polar surface area (TPSA) is 49.4 Å². The van der Waals surface area contributed by atoms with Crippen LogP contribution in [0.3, 0.4) is 0 Å². The third kappa shape index (κ3) is 4.47. The van der Waals surface area contributed by atoms with Crippen LogP contribution in [-0.4, -0.2) is 35.6 Å². The van der Waals surface area contributed by atoms with E-state index in [4.69, 9.17) is 0 Å². The van der Waals surface area contributed by atoms with Crippen LogP contribution in [0.2, 0.25) is 0 Å². The van der Waals surface area contributed by atoms with Gasteiger partial charge in [-0.2, -0.15) is 11.8 Å². The second-order valence-electron chi connectivity index (χ2n) is 5.68. The number of nitrogens with zero attached hydrogens (tertiary/aromatic N) is 1. The first-order chi connectivity index (χ1) is 11.1. The molecule has 0 saturated carbocycles. The summed E-state index contributed by atoms with van der Waals surface area (Å²) in [5, 5.41) is 2.90. The number of halogens is 1. The van der Waals surface area contributed by atoms with Gasteiger partial charge in [-0.3, -0.25) is 9.59 Å². The summed E-state index contributed by atoms with van der Waals surface area (Å²) in [7, 11) is 0. The highest BCUT2D eigenvalue weighted by atomic mass is 32.2. The quantitative estimate of drug-likeness (QED) is 0.832. The van der Waals surface area contributed by atoms with Crippen molar-refractivity contribution in [1.29, 1.82) is 0 Å². The van der Waals surface area contributed by atoms with Crippen LogP contribution < -0.4 is 5.32 Å². The predicted octanol–water partition coefficient (Wildman–Crippen LogP) is 2.71. The summed E-state index contributed by atoms with van der Waals surface area (Å²) in [6.45, 7) is 2.92. The summed E-state index contributed by atoms with van der Waals surface area (Å²) in [4.78, 5) is 25.9. The molecule has 1 aliphatic heterocycles. The molecule has 1 saturated heterocycles. The van der Waals surface area contributed by atoms with Crippen molar-refractivity contribution in [3.8, 4) is 0 Å². The van der Waals surface area contributed by atoms with Crippen molar-refractivity contribution in [3.05, 3.63) is 35.1 Å². The molecule has 2 rings (SSSR count). The summed E-state index contributed by atoms with van der Waals surface area (Å²) in [6.07, 6.45) is 3.90. The third-order valence-electron chi connectivity index (χ3n) is 4.10. The summed E-state index contributed by atoms with van der Waals surface area (Å²) in [5.41, 5.74) is 1.81. The molecule has 0 spiro atoms. The van der Waals surface area contributed by atoms with Gasteiger partial charge in [-0.15, -0.1) is 0 Å². The number of thioether (sulfide) groups is 1. The fourth-order valence-electron chi connectivity index (χ4n) is 2.90. The van der Waals surface area contributed by atoms with Crippen molar-refractivity contribution >= 4 is 23.6 Å². The van der Waals surface area contributed by atoms with Crippen molar-refractivity contribution in [2.75, 3.05) is 12.8 Å². The van der Waals surface area contributed by atoms with Crippen LogP contribution in [-0.2, 0) is 21.9 Å². The van der Waals surface area contributed by atoms with Gasteiger partial charge in [0.2, 0.25) is 11.8 Å². The fourth-order valence-corrected chi connectivity index (χ4v) is 3.48. The molecule has 1 heterocycles. The zero-order chi connectivity index (χ0) is 16.8. The molecule has 1 aromatic rings. The Morgan fingerprint density at radius 2 is 2.22 bits per heavy atom. The number of likely N-dealkylation sites (tertiary alicyclic amines) is 1. The minimum Gasteiger partial charge on any atom is -0.350 e. The number of benzene rings is 1. The molecule has 0 aromatic heterocycles. The molecule has 6 heteroatoms. The van der Waals surface area contributed by atoms with Gasteiger partial charge in [0, 0.05) is 25.3 Å². The van der Waals surface area contributed by atoms with E-state index in [1.165, 1.54) is 12.1 Å². The van der Waals surface area contributed by atoms with Gasteiger partial charge in [0.1, 0.15) is 11.9 Å². The van der Waals surface area contributed by atoms with Crippen molar-refractivity contribution < 1.29 is 14.0 Å². The minimum atomic E-state index is -0.408. The molecule has 23 heavy (non-hydrogen) atoms. The van der Waals surface area contributed by atoms with E-state index in [1.54, 1.807) is 22.7 Å². The van der Waals surface area contributed by atoms with E-state index in [9.17, 15) is 14.0 Å². The first-order valence-corrected chi connectivity index (χ1v) is 9.29. The lowest BCUT2D eigenvalue weighted by molar-refractivity contribution is -0.137. The third-order valence-corrected chi connectivity index (χ3v) is 4.70. The van der Waals surface area contributed by atoms with Gasteiger partial charge in [0.15, 0.2) is 0 Å². The predicted molar refractivity (Wildman–Crippen MR) is 90.5 cm³/mol. The van der Waals surface area contributed by atoms with E-state index >= 15 is 0 Å². The Balaban J connectivity index is 2.01. The van der Waals surface area contributed by atoms with Gasteiger partial charge in [-0.1, -0.05) is 13.0 Å². The Morgan fingerprint density at radius 1 is 1.43 bits per heavy atom. The van der Waals surface area contributed by atoms with E-state index in [-0.39, 0.29) is 17.6 Å². The van der Waals surface area contributed by atoms with Crippen LogP contribution >= 0.6 is 11.8 Å². The Hall–Kier alpha value is -1.56. The monoisotopic (exact) mass is 338 g/mol. The lowest BCUT2D eigenvalue weighted by Crippen LogP contribution is -2.47. The maximum atomic E-state index is 13.4. The van der Waals surface area contributed by atoms with Crippen molar-refractivity contribution in [1.82, 2.24) is 10.2 Å². The van der Waals surface area contributed by atoms with Crippen LogP contribution in [0.25, 0.3) is 0 Å². The van der Waals surface area contributed by atoms with Crippen LogP contribution in [0.1, 0.15) is 37.3 Å². The lowest BCUT2D eigenvalue weighted by atomic mass is 10.1. The molecule has 1 atom stereocenters. The summed E-state index contributed by atoms with van der Waals surface area (Å²) < 4.78 is 13.4. The Kier molecular flexibility index (Phi) is 6.45. The highest BCUT2D eigenvalue weighted by molar-refractivity contribution is 7.97. The SMILES string of the molecule is CC[C@@H](C(=O)NCc1ccc(F)cc1CSC)N1CCCC1=O. The minimum absolute atomic E-state index is 0.0526. The normalized spacial score (nSPS) is 15.8. The number of amides is 2. The number of hydrogen-bond acceptors (Lipinski definition) is 3.